The van der Waals surface area contributed by atoms with Gasteiger partial charge in [0.2, 0.25) is 0 Å². The van der Waals surface area contributed by atoms with Crippen molar-refractivity contribution in [2.75, 3.05) is 13.7 Å². The third kappa shape index (κ3) is 5.32. The van der Waals surface area contributed by atoms with Crippen LogP contribution in [0.5, 0.6) is 0 Å². The average molecular weight is 352 g/mol. The van der Waals surface area contributed by atoms with E-state index in [-0.39, 0.29) is 0 Å². The van der Waals surface area contributed by atoms with Crippen molar-refractivity contribution in [3.05, 3.63) is 54.1 Å². The van der Waals surface area contributed by atoms with Gasteiger partial charge in [0, 0.05) is 26.1 Å². The maximum atomic E-state index is 15.0. The van der Waals surface area contributed by atoms with Crippen molar-refractivity contribution in [1.29, 1.82) is 0 Å². The minimum Gasteiger partial charge on any atom is -0.385 e. The standard InChI is InChI=1S/C24H29FO/c1-26-19-5-6-20-9-11-21(12-10-20)13-16-24(25)17-14-23(15-18-24)22-7-3-2-4-8-22/h2-4,7-8,14-15,17,20-21H,5-6,9-12,18-19H2,1H3/t20-,21-,24?. The van der Waals surface area contributed by atoms with Crippen LogP contribution in [-0.4, -0.2) is 19.4 Å². The van der Waals surface area contributed by atoms with Gasteiger partial charge in [-0.2, -0.15) is 0 Å². The van der Waals surface area contributed by atoms with Gasteiger partial charge in [0.05, 0.1) is 0 Å². The Kier molecular flexibility index (Phi) is 6.69. The number of rotatable bonds is 5. The largest absolute Gasteiger partial charge is 0.385 e. The first-order valence-corrected chi connectivity index (χ1v) is 9.84. The van der Waals surface area contributed by atoms with Gasteiger partial charge in [-0.1, -0.05) is 54.3 Å². The topological polar surface area (TPSA) is 9.23 Å². The van der Waals surface area contributed by atoms with Gasteiger partial charge in [0.1, 0.15) is 0 Å². The van der Waals surface area contributed by atoms with Crippen molar-refractivity contribution in [3.63, 3.8) is 0 Å². The molecule has 2 heteroatoms. The van der Waals surface area contributed by atoms with Gasteiger partial charge < -0.3 is 4.74 Å². The van der Waals surface area contributed by atoms with E-state index in [1.165, 1.54) is 19.3 Å². The molecule has 0 radical (unpaired) electrons. The van der Waals surface area contributed by atoms with Crippen molar-refractivity contribution in [2.45, 2.75) is 50.6 Å². The quantitative estimate of drug-likeness (QED) is 0.468. The van der Waals surface area contributed by atoms with E-state index in [2.05, 4.69) is 24.0 Å². The van der Waals surface area contributed by atoms with E-state index in [4.69, 9.17) is 4.74 Å². The molecule has 1 aromatic rings. The number of hydrogen-bond donors (Lipinski definition) is 0. The predicted molar refractivity (Wildman–Crippen MR) is 106 cm³/mol. The lowest BCUT2D eigenvalue weighted by atomic mass is 9.80. The Morgan fingerprint density at radius 2 is 1.92 bits per heavy atom. The van der Waals surface area contributed by atoms with Crippen LogP contribution in [-0.2, 0) is 4.74 Å². The van der Waals surface area contributed by atoms with Gasteiger partial charge in [0.15, 0.2) is 5.67 Å². The Morgan fingerprint density at radius 1 is 1.15 bits per heavy atom. The minimum absolute atomic E-state index is 0.340. The highest BCUT2D eigenvalue weighted by molar-refractivity contribution is 5.75. The van der Waals surface area contributed by atoms with Crippen LogP contribution >= 0.6 is 0 Å². The SMILES string of the molecule is COCCC[C@H]1CC[C@H](C#CC2(F)C=CC(c3ccccc3)=CC2)CC1. The zero-order valence-corrected chi connectivity index (χ0v) is 15.7. The Bertz CT molecular complexity index is 686. The van der Waals surface area contributed by atoms with E-state index in [1.54, 1.807) is 13.2 Å². The predicted octanol–water partition coefficient (Wildman–Crippen LogP) is 5.97. The highest BCUT2D eigenvalue weighted by Gasteiger charge is 2.26. The Labute approximate surface area is 157 Å². The van der Waals surface area contributed by atoms with Gasteiger partial charge in [-0.15, -0.1) is 0 Å². The maximum Gasteiger partial charge on any atom is 0.192 e. The molecule has 0 N–H and O–H groups in total. The fourth-order valence-corrected chi connectivity index (χ4v) is 3.89. The number of halogens is 1. The molecule has 1 atom stereocenters. The Hall–Kier alpha value is -1.85. The Morgan fingerprint density at radius 3 is 2.58 bits per heavy atom. The Balaban J connectivity index is 1.50. The lowest BCUT2D eigenvalue weighted by Gasteiger charge is -2.26. The molecule has 26 heavy (non-hydrogen) atoms. The monoisotopic (exact) mass is 352 g/mol. The molecule has 1 fully saturated rings. The van der Waals surface area contributed by atoms with Gasteiger partial charge in [-0.25, -0.2) is 4.39 Å². The molecule has 3 rings (SSSR count). The first-order valence-electron chi connectivity index (χ1n) is 9.84. The van der Waals surface area contributed by atoms with E-state index < -0.39 is 5.67 Å². The zero-order chi connectivity index (χ0) is 18.2. The summed E-state index contributed by atoms with van der Waals surface area (Å²) in [5.41, 5.74) is 0.705. The number of allylic oxidation sites excluding steroid dienone is 4. The summed E-state index contributed by atoms with van der Waals surface area (Å²) in [7, 11) is 1.76. The third-order valence-corrected chi connectivity index (χ3v) is 5.54. The van der Waals surface area contributed by atoms with Crippen molar-refractivity contribution in [3.8, 4) is 11.8 Å². The fourth-order valence-electron chi connectivity index (χ4n) is 3.89. The lowest BCUT2D eigenvalue weighted by Crippen LogP contribution is -2.20. The van der Waals surface area contributed by atoms with Crippen molar-refractivity contribution >= 4 is 5.57 Å². The number of hydrogen-bond acceptors (Lipinski definition) is 1. The summed E-state index contributed by atoms with van der Waals surface area (Å²) >= 11 is 0. The van der Waals surface area contributed by atoms with Crippen LogP contribution in [0.4, 0.5) is 4.39 Å². The molecule has 1 saturated carbocycles. The van der Waals surface area contributed by atoms with E-state index in [0.29, 0.717) is 12.3 Å². The van der Waals surface area contributed by atoms with E-state index >= 15 is 0 Å². The van der Waals surface area contributed by atoms with Gasteiger partial charge in [-0.3, -0.25) is 0 Å². The molecule has 138 valence electrons. The van der Waals surface area contributed by atoms with Crippen molar-refractivity contribution in [2.24, 2.45) is 11.8 Å². The molecule has 2 aliphatic carbocycles. The molecule has 1 nitrogen and oxygen atoms in total. The number of ether oxygens (including phenoxy) is 1. The van der Waals surface area contributed by atoms with Gasteiger partial charge in [0.25, 0.3) is 0 Å². The summed E-state index contributed by atoms with van der Waals surface area (Å²) in [6, 6.07) is 10.1. The van der Waals surface area contributed by atoms with Crippen LogP contribution in [0.3, 0.4) is 0 Å². The number of benzene rings is 1. The molecule has 0 amide bonds. The average Bonchev–Trinajstić information content (AvgIpc) is 2.69. The second-order valence-corrected chi connectivity index (χ2v) is 7.55. The minimum atomic E-state index is -1.51. The molecule has 1 aromatic carbocycles. The molecule has 0 aromatic heterocycles. The maximum absolute atomic E-state index is 15.0. The molecule has 0 heterocycles. The van der Waals surface area contributed by atoms with Crippen LogP contribution in [0.25, 0.3) is 5.57 Å². The smallest absolute Gasteiger partial charge is 0.192 e. The third-order valence-electron chi connectivity index (χ3n) is 5.54. The van der Waals surface area contributed by atoms with Crippen molar-refractivity contribution in [1.82, 2.24) is 0 Å². The zero-order valence-electron chi connectivity index (χ0n) is 15.7. The van der Waals surface area contributed by atoms with Gasteiger partial charge >= 0.3 is 0 Å². The molecular weight excluding hydrogens is 323 g/mol. The molecule has 0 bridgehead atoms. The lowest BCUT2D eigenvalue weighted by molar-refractivity contribution is 0.179. The fraction of sp³-hybridized carbons (Fsp3) is 0.500. The molecule has 0 spiro atoms. The molecule has 2 aliphatic rings. The summed E-state index contributed by atoms with van der Waals surface area (Å²) in [5, 5.41) is 0. The van der Waals surface area contributed by atoms with Crippen LogP contribution in [0.15, 0.2) is 48.6 Å². The van der Waals surface area contributed by atoms with E-state index in [9.17, 15) is 4.39 Å². The second-order valence-electron chi connectivity index (χ2n) is 7.55. The summed E-state index contributed by atoms with van der Waals surface area (Å²) in [6.45, 7) is 0.856. The first-order chi connectivity index (χ1) is 12.7. The van der Waals surface area contributed by atoms with Crippen LogP contribution in [0, 0.1) is 23.7 Å². The van der Waals surface area contributed by atoms with Crippen molar-refractivity contribution < 1.29 is 9.13 Å². The molecule has 0 saturated heterocycles. The summed E-state index contributed by atoms with van der Waals surface area (Å²) in [5.74, 6) is 7.34. The van der Waals surface area contributed by atoms with Crippen LogP contribution in [0.1, 0.15) is 50.5 Å². The van der Waals surface area contributed by atoms with Crippen LogP contribution in [0.2, 0.25) is 0 Å². The van der Waals surface area contributed by atoms with E-state index in [0.717, 1.165) is 42.9 Å². The second kappa shape index (κ2) is 9.19. The number of methoxy groups -OCH3 is 1. The highest BCUT2D eigenvalue weighted by atomic mass is 19.1. The summed E-state index contributed by atoms with van der Waals surface area (Å²) in [6.07, 6.45) is 12.9. The number of alkyl halides is 1. The van der Waals surface area contributed by atoms with Gasteiger partial charge in [-0.05, 0) is 61.7 Å². The molecule has 1 unspecified atom stereocenters. The van der Waals surface area contributed by atoms with E-state index in [1.807, 2.05) is 30.4 Å². The van der Waals surface area contributed by atoms with Crippen LogP contribution < -0.4 is 0 Å². The first kappa shape index (κ1) is 18.9. The summed E-state index contributed by atoms with van der Waals surface area (Å²) < 4.78 is 20.1. The molecule has 0 aliphatic heterocycles. The summed E-state index contributed by atoms with van der Waals surface area (Å²) in [4.78, 5) is 0. The molecular formula is C24H29FO. The normalized spacial score (nSPS) is 28.2. The highest BCUT2D eigenvalue weighted by Crippen LogP contribution is 2.33.